The molecule has 2 fully saturated rings. The summed E-state index contributed by atoms with van der Waals surface area (Å²) in [4.78, 5) is 85.1. The number of guanidine groups is 1. The molecule has 1 atom stereocenters. The van der Waals surface area contributed by atoms with Crippen molar-refractivity contribution >= 4 is 58.1 Å². The van der Waals surface area contributed by atoms with Gasteiger partial charge < -0.3 is 35.5 Å². The number of nitrogens with zero attached hydrogens (tertiary/aromatic N) is 4. The first-order valence-corrected chi connectivity index (χ1v) is 16.6. The quantitative estimate of drug-likeness (QED) is 0.182. The Morgan fingerprint density at radius 1 is 0.940 bits per heavy atom. The van der Waals surface area contributed by atoms with Crippen LogP contribution in [0.3, 0.4) is 0 Å². The number of benzene rings is 2. The molecular weight excluding hydrogens is 644 g/mol. The Bertz CT molecular complexity index is 1800. The van der Waals surface area contributed by atoms with Crippen molar-refractivity contribution in [3.63, 3.8) is 0 Å². The smallest absolute Gasteiger partial charge is 0.257 e. The van der Waals surface area contributed by atoms with E-state index < -0.39 is 29.7 Å². The van der Waals surface area contributed by atoms with Crippen molar-refractivity contribution < 1.29 is 33.2 Å². The maximum absolute atomic E-state index is 13.7. The van der Waals surface area contributed by atoms with E-state index in [-0.39, 0.29) is 48.5 Å². The van der Waals surface area contributed by atoms with Gasteiger partial charge in [-0.1, -0.05) is 0 Å². The van der Waals surface area contributed by atoms with Gasteiger partial charge in [0.2, 0.25) is 29.6 Å². The van der Waals surface area contributed by atoms with E-state index in [2.05, 4.69) is 16.0 Å². The zero-order valence-corrected chi connectivity index (χ0v) is 28.2. The lowest BCUT2D eigenvalue weighted by Gasteiger charge is -2.25. The fraction of sp³-hybridized carbons (Fsp3) is 0.400. The van der Waals surface area contributed by atoms with Crippen molar-refractivity contribution in [3.8, 4) is 0 Å². The van der Waals surface area contributed by atoms with Crippen LogP contribution in [0.15, 0.2) is 57.9 Å². The molecule has 0 bridgehead atoms. The van der Waals surface area contributed by atoms with Crippen LogP contribution in [0.5, 0.6) is 0 Å². The third kappa shape index (κ3) is 9.24. The van der Waals surface area contributed by atoms with Crippen molar-refractivity contribution in [2.24, 2.45) is 10.7 Å². The molecule has 0 aliphatic carbocycles. The lowest BCUT2D eigenvalue weighted by atomic mass is 10.1. The molecule has 15 nitrogen and oxygen atoms in total. The van der Waals surface area contributed by atoms with E-state index in [1.807, 2.05) is 19.1 Å². The highest BCUT2D eigenvalue weighted by molar-refractivity contribution is 6.11. The van der Waals surface area contributed by atoms with Crippen LogP contribution in [-0.4, -0.2) is 108 Å². The van der Waals surface area contributed by atoms with E-state index >= 15 is 0 Å². The minimum absolute atomic E-state index is 0.00531. The molecular formula is C35H42N8O7. The van der Waals surface area contributed by atoms with Gasteiger partial charge in [-0.15, -0.1) is 0 Å². The van der Waals surface area contributed by atoms with Crippen LogP contribution in [0, 0.1) is 6.92 Å². The summed E-state index contributed by atoms with van der Waals surface area (Å²) in [5.41, 5.74) is 6.81. The number of nitrogens with two attached hydrogens (primary N) is 1. The number of likely N-dealkylation sites (tertiary alicyclic amines) is 2. The molecule has 15 heteroatoms. The summed E-state index contributed by atoms with van der Waals surface area (Å²) in [5.74, 6) is -1.84. The summed E-state index contributed by atoms with van der Waals surface area (Å²) in [6, 6.07) is 12.2. The van der Waals surface area contributed by atoms with Gasteiger partial charge in [0.05, 0.1) is 19.6 Å². The summed E-state index contributed by atoms with van der Waals surface area (Å²) >= 11 is 0. The summed E-state index contributed by atoms with van der Waals surface area (Å²) in [6.45, 7) is 3.07. The molecule has 2 aliphatic heterocycles. The van der Waals surface area contributed by atoms with Crippen LogP contribution < -0.4 is 21.7 Å². The fourth-order valence-corrected chi connectivity index (χ4v) is 5.90. The number of hydrogen-bond acceptors (Lipinski definition) is 8. The molecule has 2 saturated heterocycles. The monoisotopic (exact) mass is 686 g/mol. The van der Waals surface area contributed by atoms with E-state index in [0.717, 1.165) is 35.3 Å². The van der Waals surface area contributed by atoms with Gasteiger partial charge >= 0.3 is 0 Å². The number of primary amides is 1. The van der Waals surface area contributed by atoms with E-state index in [1.165, 1.54) is 31.3 Å². The van der Waals surface area contributed by atoms with E-state index in [4.69, 9.17) is 15.1 Å². The standard InChI is InChI=1S/C35H42N8O7/c1-22-17-25-18-26(12-13-28(25)50-22)38-35(39-27-7-3-4-16-43(34(27)49)21-31(46)42-14-5-6-15-42)40-33(48)24-10-8-23(9-11-24)32(47)37-19-30(45)41(2)20-29(36)44/h8-13,17-18,27H,3-7,14-16,19-21H2,1-2H3,(H2,36,44)(H,37,47)(H2,38,39,40,48). The van der Waals surface area contributed by atoms with Crippen molar-refractivity contribution in [2.45, 2.75) is 45.1 Å². The molecule has 5 rings (SSSR count). The molecule has 1 unspecified atom stereocenters. The zero-order valence-electron chi connectivity index (χ0n) is 28.2. The Morgan fingerprint density at radius 3 is 2.32 bits per heavy atom. The number of hydrogen-bond donors (Lipinski definition) is 4. The number of furan rings is 1. The number of aliphatic imine (C=N–C) groups is 1. The average Bonchev–Trinajstić information content (AvgIpc) is 3.73. The van der Waals surface area contributed by atoms with Gasteiger partial charge in [-0.2, -0.15) is 0 Å². The fourth-order valence-electron chi connectivity index (χ4n) is 5.90. The second-order valence-corrected chi connectivity index (χ2v) is 12.5. The number of fused-ring (bicyclic) bond motifs is 1. The predicted molar refractivity (Wildman–Crippen MR) is 185 cm³/mol. The van der Waals surface area contributed by atoms with Gasteiger partial charge in [0.1, 0.15) is 17.4 Å². The third-order valence-electron chi connectivity index (χ3n) is 8.58. The van der Waals surface area contributed by atoms with E-state index in [1.54, 1.807) is 21.9 Å². The number of carbonyl (C=O) groups excluding carboxylic acids is 6. The normalized spacial score (nSPS) is 16.6. The Labute approximate surface area is 289 Å². The van der Waals surface area contributed by atoms with Gasteiger partial charge in [0.25, 0.3) is 11.8 Å². The Balaban J connectivity index is 1.31. The van der Waals surface area contributed by atoms with E-state index in [0.29, 0.717) is 43.7 Å². The summed E-state index contributed by atoms with van der Waals surface area (Å²) in [5, 5.41) is 9.25. The first kappa shape index (κ1) is 35.6. The zero-order chi connectivity index (χ0) is 35.8. The first-order valence-electron chi connectivity index (χ1n) is 16.6. The molecule has 5 N–H and O–H groups in total. The minimum atomic E-state index is -0.831. The van der Waals surface area contributed by atoms with Crippen LogP contribution in [0.25, 0.3) is 11.0 Å². The molecule has 264 valence electrons. The highest BCUT2D eigenvalue weighted by atomic mass is 16.3. The van der Waals surface area contributed by atoms with Crippen LogP contribution >= 0.6 is 0 Å². The molecule has 2 aromatic carbocycles. The highest BCUT2D eigenvalue weighted by Gasteiger charge is 2.30. The molecule has 3 aromatic rings. The molecule has 0 saturated carbocycles. The minimum Gasteiger partial charge on any atom is -0.461 e. The molecule has 50 heavy (non-hydrogen) atoms. The average molecular weight is 687 g/mol. The Hall–Kier alpha value is -5.73. The largest absolute Gasteiger partial charge is 0.461 e. The molecule has 1 aromatic heterocycles. The maximum atomic E-state index is 13.7. The third-order valence-corrected chi connectivity index (χ3v) is 8.58. The van der Waals surface area contributed by atoms with Crippen molar-refractivity contribution in [1.82, 2.24) is 25.3 Å². The number of rotatable bonds is 10. The topological polar surface area (TPSA) is 200 Å². The lowest BCUT2D eigenvalue weighted by Crippen LogP contribution is -2.45. The van der Waals surface area contributed by atoms with Crippen LogP contribution in [0.1, 0.15) is 58.6 Å². The summed E-state index contributed by atoms with van der Waals surface area (Å²) in [6.07, 6.45) is 3.81. The molecule has 3 heterocycles. The van der Waals surface area contributed by atoms with Gasteiger partial charge in [-0.25, -0.2) is 4.99 Å². The second-order valence-electron chi connectivity index (χ2n) is 12.5. The van der Waals surface area contributed by atoms with Gasteiger partial charge in [-0.05, 0) is 87.6 Å². The SMILES string of the molecule is Cc1cc2cc(NC(=NC3CCCCN(CC(=O)N4CCCC4)C3=O)NC(=O)c3ccc(C(=O)NCC(=O)N(C)CC(N)=O)cc3)ccc2o1. The maximum Gasteiger partial charge on any atom is 0.257 e. The molecule has 2 aliphatic rings. The lowest BCUT2D eigenvalue weighted by molar-refractivity contribution is -0.140. The second kappa shape index (κ2) is 16.1. The van der Waals surface area contributed by atoms with Crippen molar-refractivity contribution in [1.29, 1.82) is 0 Å². The van der Waals surface area contributed by atoms with Crippen molar-refractivity contribution in [3.05, 3.63) is 65.4 Å². The van der Waals surface area contributed by atoms with Crippen LogP contribution in [-0.2, 0) is 19.2 Å². The molecule has 6 amide bonds. The number of amides is 6. The van der Waals surface area contributed by atoms with Gasteiger partial charge in [-0.3, -0.25) is 34.1 Å². The number of carbonyl (C=O) groups is 6. The summed E-state index contributed by atoms with van der Waals surface area (Å²) in [7, 11) is 1.40. The number of likely N-dealkylation sites (N-methyl/N-ethyl adjacent to an activating group) is 1. The van der Waals surface area contributed by atoms with Crippen LogP contribution in [0.2, 0.25) is 0 Å². The first-order chi connectivity index (χ1) is 24.0. The molecule has 0 radical (unpaired) electrons. The van der Waals surface area contributed by atoms with Crippen molar-refractivity contribution in [2.75, 3.05) is 51.6 Å². The predicted octanol–water partition coefficient (Wildman–Crippen LogP) is 1.62. The van der Waals surface area contributed by atoms with Gasteiger partial charge in [0.15, 0.2) is 0 Å². The van der Waals surface area contributed by atoms with Gasteiger partial charge in [0, 0.05) is 48.9 Å². The van der Waals surface area contributed by atoms with Crippen LogP contribution in [0.4, 0.5) is 5.69 Å². The Kier molecular flexibility index (Phi) is 11.5. The highest BCUT2D eigenvalue weighted by Crippen LogP contribution is 2.23. The summed E-state index contributed by atoms with van der Waals surface area (Å²) < 4.78 is 5.68. The Morgan fingerprint density at radius 2 is 1.62 bits per heavy atom. The number of aryl methyl sites for hydroxylation is 1. The molecule has 0 spiro atoms. The number of anilines is 1. The van der Waals surface area contributed by atoms with E-state index in [9.17, 15) is 28.8 Å². The number of nitrogens with one attached hydrogen (secondary N) is 3.